The number of halogens is 1. The van der Waals surface area contributed by atoms with Crippen molar-refractivity contribution < 1.29 is 12.6 Å². The molecule has 0 amide bonds. The van der Waals surface area contributed by atoms with Crippen molar-refractivity contribution in [3.05, 3.63) is 0 Å². The number of hydrogen-bond donors (Lipinski definition) is 0. The van der Waals surface area contributed by atoms with Gasteiger partial charge in [0.1, 0.15) is 0 Å². The van der Waals surface area contributed by atoms with Crippen molar-refractivity contribution in [1.29, 1.82) is 0 Å². The largest absolute Gasteiger partial charge is 0.304 e. The van der Waals surface area contributed by atoms with E-state index >= 15 is 0 Å². The van der Waals surface area contributed by atoms with E-state index in [9.17, 15) is 4.21 Å². The van der Waals surface area contributed by atoms with E-state index in [1.165, 1.54) is 51.4 Å². The topological polar surface area (TPSA) is 35.5 Å². The lowest BCUT2D eigenvalue weighted by Gasteiger charge is -2.04. The summed E-state index contributed by atoms with van der Waals surface area (Å²) in [6.07, 6.45) is 13.5. The van der Waals surface area contributed by atoms with Crippen LogP contribution in [0.15, 0.2) is 0 Å². The minimum atomic E-state index is -1.59. The molecule has 0 saturated carbocycles. The Hall–Kier alpha value is 0.360. The van der Waals surface area contributed by atoms with Crippen LogP contribution in [0.4, 0.5) is 0 Å². The van der Waals surface area contributed by atoms with Crippen LogP contribution < -0.4 is 0 Å². The molecular weight excluding hydrogens is 296 g/mol. The maximum absolute atomic E-state index is 11.2. The van der Waals surface area contributed by atoms with Crippen LogP contribution in [0.5, 0.6) is 0 Å². The van der Waals surface area contributed by atoms with Crippen LogP contribution in [0.1, 0.15) is 77.6 Å². The van der Waals surface area contributed by atoms with Crippen molar-refractivity contribution in [2.45, 2.75) is 77.6 Å². The van der Waals surface area contributed by atoms with E-state index < -0.39 is 11.4 Å². The molecule has 3 nitrogen and oxygen atoms in total. The fourth-order valence-electron chi connectivity index (χ4n) is 1.93. The Kier molecular flexibility index (Phi) is 17.7. The third-order valence-corrected chi connectivity index (χ3v) is 4.12. The second kappa shape index (κ2) is 17.4. The predicted molar refractivity (Wildman–Crippen MR) is 87.2 cm³/mol. The van der Waals surface area contributed by atoms with Crippen LogP contribution in [-0.4, -0.2) is 23.3 Å². The van der Waals surface area contributed by atoms with Gasteiger partial charge in [-0.25, -0.2) is 0 Å². The molecule has 0 N–H and O–H groups in total. The number of unbranched alkanes of at least 4 members (excludes halogenated alkanes) is 9. The summed E-state index contributed by atoms with van der Waals surface area (Å²) in [7, 11) is 0. The molecule has 0 aromatic heterocycles. The Balaban J connectivity index is 3.07. The molecule has 0 aromatic carbocycles. The molecule has 0 aliphatic rings. The average Bonchev–Trinajstić information content (AvgIpc) is 2.45. The summed E-state index contributed by atoms with van der Waals surface area (Å²) < 4.78 is 21.2. The Morgan fingerprint density at radius 3 is 1.70 bits per heavy atom. The molecule has 0 aromatic rings. The first kappa shape index (κ1) is 20.4. The first-order valence-electron chi connectivity index (χ1n) is 8.05. The molecule has 0 radical (unpaired) electrons. The van der Waals surface area contributed by atoms with E-state index in [1.54, 1.807) is 0 Å². The lowest BCUT2D eigenvalue weighted by Crippen LogP contribution is -2.05. The normalized spacial score (nSPS) is 12.7. The number of alkyl halides is 1. The van der Waals surface area contributed by atoms with Gasteiger partial charge < -0.3 is 0 Å². The predicted octanol–water partition coefficient (Wildman–Crippen LogP) is 5.15. The molecule has 122 valence electrons. The summed E-state index contributed by atoms with van der Waals surface area (Å²) in [6, 6.07) is 0. The molecule has 0 spiro atoms. The summed E-state index contributed by atoms with van der Waals surface area (Å²) >= 11 is 3.89. The van der Waals surface area contributed by atoms with Gasteiger partial charge in [-0.05, 0) is 12.8 Å². The zero-order valence-corrected chi connectivity index (χ0v) is 14.5. The summed E-state index contributed by atoms with van der Waals surface area (Å²) in [6.45, 7) is 3.16. The van der Waals surface area contributed by atoms with Crippen LogP contribution in [0.25, 0.3) is 0 Å². The molecule has 0 aliphatic heterocycles. The first-order valence-corrected chi connectivity index (χ1v) is 9.59. The summed E-state index contributed by atoms with van der Waals surface area (Å²) in [5.41, 5.74) is 0. The van der Waals surface area contributed by atoms with E-state index in [1.807, 2.05) is 0 Å². The van der Waals surface area contributed by atoms with E-state index in [2.05, 4.69) is 6.92 Å². The molecule has 0 rings (SSSR count). The van der Waals surface area contributed by atoms with E-state index in [0.29, 0.717) is 25.5 Å². The van der Waals surface area contributed by atoms with Gasteiger partial charge in [-0.3, -0.25) is 8.37 Å². The van der Waals surface area contributed by atoms with Gasteiger partial charge in [0.25, 0.3) is 0 Å². The molecule has 0 fully saturated rings. The zero-order valence-electron chi connectivity index (χ0n) is 12.9. The molecule has 0 aliphatic carbocycles. The second-order valence-electron chi connectivity index (χ2n) is 5.07. The van der Waals surface area contributed by atoms with Crippen LogP contribution in [-0.2, 0) is 19.7 Å². The van der Waals surface area contributed by atoms with Crippen molar-refractivity contribution in [2.24, 2.45) is 0 Å². The van der Waals surface area contributed by atoms with E-state index in [0.717, 1.165) is 12.8 Å². The molecule has 20 heavy (non-hydrogen) atoms. The molecule has 1 atom stereocenters. The van der Waals surface area contributed by atoms with Gasteiger partial charge in [-0.15, -0.1) is 11.6 Å². The van der Waals surface area contributed by atoms with Gasteiger partial charge in [0.15, 0.2) is 0 Å². The first-order chi connectivity index (χ1) is 9.81. The van der Waals surface area contributed by atoms with Crippen molar-refractivity contribution in [1.82, 2.24) is 0 Å². The van der Waals surface area contributed by atoms with E-state index in [-0.39, 0.29) is 0 Å². The molecule has 5 heteroatoms. The van der Waals surface area contributed by atoms with Gasteiger partial charge in [-0.2, -0.15) is 4.21 Å². The molecule has 0 bridgehead atoms. The van der Waals surface area contributed by atoms with Crippen LogP contribution >= 0.6 is 11.6 Å². The second-order valence-corrected chi connectivity index (χ2v) is 6.33. The third-order valence-electron chi connectivity index (χ3n) is 3.13. The van der Waals surface area contributed by atoms with Crippen molar-refractivity contribution >= 4 is 23.0 Å². The standard InChI is InChI=1S/C15H31ClO3S/c1-2-3-4-5-6-7-8-9-10-11-14-18-20(17)19-15-12-13-16/h2-15H2,1H3. The average molecular weight is 327 g/mol. The molecular formula is C15H31ClO3S. The zero-order chi connectivity index (χ0) is 14.9. The minimum absolute atomic E-state index is 0.397. The van der Waals surface area contributed by atoms with Crippen LogP contribution in [0.3, 0.4) is 0 Å². The van der Waals surface area contributed by atoms with Crippen LogP contribution in [0.2, 0.25) is 0 Å². The summed E-state index contributed by atoms with van der Waals surface area (Å²) in [4.78, 5) is 0. The van der Waals surface area contributed by atoms with Gasteiger partial charge in [-0.1, -0.05) is 64.7 Å². The summed E-state index contributed by atoms with van der Waals surface area (Å²) in [5.74, 6) is 0.523. The third kappa shape index (κ3) is 16.4. The highest BCUT2D eigenvalue weighted by Crippen LogP contribution is 2.10. The van der Waals surface area contributed by atoms with E-state index in [4.69, 9.17) is 20.0 Å². The fourth-order valence-corrected chi connectivity index (χ4v) is 2.62. The fraction of sp³-hybridized carbons (Fsp3) is 1.00. The Bertz CT molecular complexity index is 215. The maximum atomic E-state index is 11.2. The lowest BCUT2D eigenvalue weighted by molar-refractivity contribution is 0.245. The minimum Gasteiger partial charge on any atom is -0.268 e. The van der Waals surface area contributed by atoms with Crippen molar-refractivity contribution in [2.75, 3.05) is 19.1 Å². The molecule has 0 heterocycles. The highest BCUT2D eigenvalue weighted by Gasteiger charge is 2.00. The number of hydrogen-bond acceptors (Lipinski definition) is 3. The lowest BCUT2D eigenvalue weighted by atomic mass is 10.1. The Morgan fingerprint density at radius 1 is 0.750 bits per heavy atom. The monoisotopic (exact) mass is 326 g/mol. The Morgan fingerprint density at radius 2 is 1.20 bits per heavy atom. The van der Waals surface area contributed by atoms with Crippen molar-refractivity contribution in [3.8, 4) is 0 Å². The highest BCUT2D eigenvalue weighted by molar-refractivity contribution is 7.75. The maximum Gasteiger partial charge on any atom is 0.304 e. The van der Waals surface area contributed by atoms with Crippen LogP contribution in [0, 0.1) is 0 Å². The van der Waals surface area contributed by atoms with Gasteiger partial charge in [0, 0.05) is 5.88 Å². The number of rotatable bonds is 16. The van der Waals surface area contributed by atoms with Crippen molar-refractivity contribution in [3.63, 3.8) is 0 Å². The Labute approximate surface area is 132 Å². The van der Waals surface area contributed by atoms with Gasteiger partial charge >= 0.3 is 11.4 Å². The SMILES string of the molecule is CCCCCCCCCCCCOS(=O)OCCCCl. The van der Waals surface area contributed by atoms with Gasteiger partial charge in [0.05, 0.1) is 13.2 Å². The highest BCUT2D eigenvalue weighted by atomic mass is 35.5. The molecule has 1 unspecified atom stereocenters. The molecule has 0 saturated heterocycles. The van der Waals surface area contributed by atoms with Gasteiger partial charge in [0.2, 0.25) is 0 Å². The quantitative estimate of drug-likeness (QED) is 0.291. The summed E-state index contributed by atoms with van der Waals surface area (Å²) in [5, 5.41) is 0. The smallest absolute Gasteiger partial charge is 0.268 e.